The number of hydrogen-bond donors (Lipinski definition) is 0. The minimum absolute atomic E-state index is 0.518. The Morgan fingerprint density at radius 1 is 1.29 bits per heavy atom. The van der Waals surface area contributed by atoms with Crippen molar-refractivity contribution in [1.82, 2.24) is 0 Å². The molecule has 96 valence electrons. The van der Waals surface area contributed by atoms with Crippen LogP contribution in [0.3, 0.4) is 0 Å². The van der Waals surface area contributed by atoms with Crippen LogP contribution < -0.4 is 9.47 Å². The first kappa shape index (κ1) is 14.8. The zero-order chi connectivity index (χ0) is 12.8. The van der Waals surface area contributed by atoms with Crippen molar-refractivity contribution in [3.05, 3.63) is 22.7 Å². The Hall–Kier alpha value is -0.220. The van der Waals surface area contributed by atoms with Gasteiger partial charge in [0, 0.05) is 11.2 Å². The fourth-order valence-corrected chi connectivity index (χ4v) is 2.74. The lowest BCUT2D eigenvalue weighted by Crippen LogP contribution is -2.19. The van der Waals surface area contributed by atoms with Crippen LogP contribution in [0.15, 0.2) is 22.7 Å². The highest BCUT2D eigenvalue weighted by molar-refractivity contribution is 9.10. The van der Waals surface area contributed by atoms with Gasteiger partial charge in [-0.15, -0.1) is 0 Å². The molecule has 1 aromatic rings. The average Bonchev–Trinajstić information content (AvgIpc) is 2.31. The van der Waals surface area contributed by atoms with E-state index >= 15 is 0 Å². The van der Waals surface area contributed by atoms with Crippen LogP contribution in [0.1, 0.15) is 13.8 Å². The van der Waals surface area contributed by atoms with Gasteiger partial charge in [0.15, 0.2) is 0 Å². The third-order valence-corrected chi connectivity index (χ3v) is 4.18. The fraction of sp³-hybridized carbons (Fsp3) is 0.538. The first-order valence-corrected chi connectivity index (χ1v) is 7.52. The molecule has 0 aliphatic rings. The summed E-state index contributed by atoms with van der Waals surface area (Å²) in [6, 6.07) is 5.74. The minimum atomic E-state index is 0.518. The number of methoxy groups -OCH3 is 1. The van der Waals surface area contributed by atoms with Gasteiger partial charge in [-0.3, -0.25) is 0 Å². The van der Waals surface area contributed by atoms with Crippen molar-refractivity contribution in [3.8, 4) is 11.5 Å². The molecule has 17 heavy (non-hydrogen) atoms. The summed E-state index contributed by atoms with van der Waals surface area (Å²) < 4.78 is 11.9. The standard InChI is InChI=1S/C13H18Br2O2/c1-9(2)10(7-14)8-17-13-5-4-11(16-3)6-12(13)15/h4-6,9-10H,7-8H2,1-3H3. The van der Waals surface area contributed by atoms with Crippen LogP contribution in [0.2, 0.25) is 0 Å². The topological polar surface area (TPSA) is 18.5 Å². The molecule has 1 unspecified atom stereocenters. The predicted molar refractivity (Wildman–Crippen MR) is 78.3 cm³/mol. The van der Waals surface area contributed by atoms with E-state index in [0.29, 0.717) is 18.4 Å². The molecule has 0 N–H and O–H groups in total. The smallest absolute Gasteiger partial charge is 0.133 e. The number of benzene rings is 1. The molecule has 0 saturated heterocycles. The molecular formula is C13H18Br2O2. The molecule has 0 aromatic heterocycles. The quantitative estimate of drug-likeness (QED) is 0.691. The van der Waals surface area contributed by atoms with Crippen molar-refractivity contribution >= 4 is 31.9 Å². The van der Waals surface area contributed by atoms with Gasteiger partial charge in [-0.2, -0.15) is 0 Å². The zero-order valence-electron chi connectivity index (χ0n) is 10.4. The fourth-order valence-electron chi connectivity index (χ4n) is 1.34. The summed E-state index contributed by atoms with van der Waals surface area (Å²) in [6.07, 6.45) is 0. The molecular weight excluding hydrogens is 348 g/mol. The molecule has 1 rings (SSSR count). The summed E-state index contributed by atoms with van der Waals surface area (Å²) in [5, 5.41) is 0.957. The van der Waals surface area contributed by atoms with E-state index in [1.807, 2.05) is 18.2 Å². The van der Waals surface area contributed by atoms with Gasteiger partial charge in [0.2, 0.25) is 0 Å². The van der Waals surface area contributed by atoms with E-state index in [4.69, 9.17) is 9.47 Å². The lowest BCUT2D eigenvalue weighted by atomic mass is 9.99. The highest BCUT2D eigenvalue weighted by atomic mass is 79.9. The highest BCUT2D eigenvalue weighted by Crippen LogP contribution is 2.30. The van der Waals surface area contributed by atoms with Crippen molar-refractivity contribution in [2.45, 2.75) is 13.8 Å². The highest BCUT2D eigenvalue weighted by Gasteiger charge is 2.13. The monoisotopic (exact) mass is 364 g/mol. The molecule has 0 aliphatic carbocycles. The van der Waals surface area contributed by atoms with Crippen LogP contribution in [0.25, 0.3) is 0 Å². The molecule has 0 radical (unpaired) electrons. The Kier molecular flexibility index (Phi) is 6.34. The number of ether oxygens (including phenoxy) is 2. The molecule has 1 aromatic carbocycles. The van der Waals surface area contributed by atoms with E-state index in [1.165, 1.54) is 0 Å². The van der Waals surface area contributed by atoms with Crippen LogP contribution in [0.5, 0.6) is 11.5 Å². The molecule has 0 aliphatic heterocycles. The third kappa shape index (κ3) is 4.51. The number of hydrogen-bond acceptors (Lipinski definition) is 2. The van der Waals surface area contributed by atoms with Crippen LogP contribution in [0, 0.1) is 11.8 Å². The lowest BCUT2D eigenvalue weighted by molar-refractivity contribution is 0.226. The van der Waals surface area contributed by atoms with Gasteiger partial charge in [-0.05, 0) is 40.0 Å². The van der Waals surface area contributed by atoms with E-state index in [0.717, 1.165) is 21.3 Å². The third-order valence-electron chi connectivity index (χ3n) is 2.73. The zero-order valence-corrected chi connectivity index (χ0v) is 13.5. The maximum atomic E-state index is 5.82. The normalized spacial score (nSPS) is 12.6. The van der Waals surface area contributed by atoms with Gasteiger partial charge in [0.25, 0.3) is 0 Å². The van der Waals surface area contributed by atoms with Gasteiger partial charge in [-0.25, -0.2) is 0 Å². The number of rotatable bonds is 6. The molecule has 0 heterocycles. The van der Waals surface area contributed by atoms with Crippen molar-refractivity contribution in [3.63, 3.8) is 0 Å². The largest absolute Gasteiger partial charge is 0.497 e. The molecule has 0 amide bonds. The summed E-state index contributed by atoms with van der Waals surface area (Å²) in [5.74, 6) is 2.80. The first-order chi connectivity index (χ1) is 8.08. The van der Waals surface area contributed by atoms with Crippen LogP contribution in [-0.2, 0) is 0 Å². The summed E-state index contributed by atoms with van der Waals surface area (Å²) in [5.41, 5.74) is 0. The maximum Gasteiger partial charge on any atom is 0.133 e. The second-order valence-corrected chi connectivity index (χ2v) is 5.77. The van der Waals surface area contributed by atoms with Gasteiger partial charge >= 0.3 is 0 Å². The minimum Gasteiger partial charge on any atom is -0.497 e. The summed E-state index contributed by atoms with van der Waals surface area (Å²) in [7, 11) is 1.65. The molecule has 0 spiro atoms. The molecule has 2 nitrogen and oxygen atoms in total. The van der Waals surface area contributed by atoms with Crippen molar-refractivity contribution in [2.24, 2.45) is 11.8 Å². The van der Waals surface area contributed by atoms with Crippen molar-refractivity contribution in [1.29, 1.82) is 0 Å². The van der Waals surface area contributed by atoms with E-state index in [2.05, 4.69) is 45.7 Å². The van der Waals surface area contributed by atoms with Gasteiger partial charge in [-0.1, -0.05) is 29.8 Å². The Morgan fingerprint density at radius 2 is 2.00 bits per heavy atom. The van der Waals surface area contributed by atoms with Gasteiger partial charge in [0.1, 0.15) is 11.5 Å². The summed E-state index contributed by atoms with van der Waals surface area (Å²) in [6.45, 7) is 5.13. The Labute approximate surface area is 120 Å². The Bertz CT molecular complexity index is 353. The van der Waals surface area contributed by atoms with Crippen molar-refractivity contribution < 1.29 is 9.47 Å². The summed E-state index contributed by atoms with van der Waals surface area (Å²) in [4.78, 5) is 0. The Morgan fingerprint density at radius 3 is 2.47 bits per heavy atom. The lowest BCUT2D eigenvalue weighted by Gasteiger charge is -2.19. The van der Waals surface area contributed by atoms with E-state index < -0.39 is 0 Å². The predicted octanol–water partition coefficient (Wildman–Crippen LogP) is 4.50. The average molecular weight is 366 g/mol. The van der Waals surface area contributed by atoms with Crippen LogP contribution in [-0.4, -0.2) is 19.0 Å². The molecule has 0 fully saturated rings. The number of halogens is 2. The van der Waals surface area contributed by atoms with Crippen LogP contribution in [0.4, 0.5) is 0 Å². The molecule has 0 saturated carbocycles. The Balaban J connectivity index is 2.63. The van der Waals surface area contributed by atoms with Crippen molar-refractivity contribution in [2.75, 3.05) is 19.0 Å². The number of alkyl halides is 1. The van der Waals surface area contributed by atoms with Gasteiger partial charge < -0.3 is 9.47 Å². The summed E-state index contributed by atoms with van der Waals surface area (Å²) >= 11 is 7.00. The van der Waals surface area contributed by atoms with E-state index in [-0.39, 0.29) is 0 Å². The first-order valence-electron chi connectivity index (χ1n) is 5.60. The molecule has 4 heteroatoms. The molecule has 0 bridgehead atoms. The van der Waals surface area contributed by atoms with E-state index in [9.17, 15) is 0 Å². The van der Waals surface area contributed by atoms with Crippen LogP contribution >= 0.6 is 31.9 Å². The second kappa shape index (κ2) is 7.27. The molecule has 1 atom stereocenters. The maximum absolute atomic E-state index is 5.82. The van der Waals surface area contributed by atoms with Gasteiger partial charge in [0.05, 0.1) is 18.2 Å². The van der Waals surface area contributed by atoms with E-state index in [1.54, 1.807) is 7.11 Å². The second-order valence-electron chi connectivity index (χ2n) is 4.27. The SMILES string of the molecule is COc1ccc(OCC(CBr)C(C)C)c(Br)c1.